The normalized spacial score (nSPS) is 10.1. The molecule has 7 nitrogen and oxygen atoms in total. The van der Waals surface area contributed by atoms with Gasteiger partial charge in [0, 0.05) is 5.56 Å². The highest BCUT2D eigenvalue weighted by Crippen LogP contribution is 2.39. The van der Waals surface area contributed by atoms with Crippen molar-refractivity contribution in [2.24, 2.45) is 0 Å². The highest BCUT2D eigenvalue weighted by atomic mass is 32.1. The van der Waals surface area contributed by atoms with Gasteiger partial charge in [0.2, 0.25) is 5.75 Å². The summed E-state index contributed by atoms with van der Waals surface area (Å²) in [7, 11) is 0. The van der Waals surface area contributed by atoms with Crippen molar-refractivity contribution in [2.45, 2.75) is 20.8 Å². The molecule has 0 aromatic heterocycles. The van der Waals surface area contributed by atoms with Crippen LogP contribution >= 0.6 is 12.2 Å². The minimum Gasteiger partial charge on any atom is -0.490 e. The Morgan fingerprint density at radius 2 is 1.55 bits per heavy atom. The largest absolute Gasteiger partial charge is 0.490 e. The van der Waals surface area contributed by atoms with Gasteiger partial charge in [0.15, 0.2) is 16.6 Å². The van der Waals surface area contributed by atoms with E-state index in [0.717, 1.165) is 0 Å². The molecule has 0 aliphatic heterocycles. The van der Waals surface area contributed by atoms with E-state index in [1.54, 1.807) is 24.3 Å². The number of carbonyl (C=O) groups excluding carboxylic acids is 1. The van der Waals surface area contributed by atoms with Crippen molar-refractivity contribution in [1.82, 2.24) is 10.9 Å². The predicted molar refractivity (Wildman–Crippen MR) is 113 cm³/mol. The summed E-state index contributed by atoms with van der Waals surface area (Å²) in [6, 6.07) is 9.17. The lowest BCUT2D eigenvalue weighted by Gasteiger charge is -2.17. The Balaban J connectivity index is 2.12. The number of benzene rings is 2. The summed E-state index contributed by atoms with van der Waals surface area (Å²) < 4.78 is 30.5. The second-order valence-corrected chi connectivity index (χ2v) is 6.02. The molecule has 2 aromatic rings. The zero-order valence-electron chi connectivity index (χ0n) is 16.5. The Labute approximate surface area is 174 Å². The van der Waals surface area contributed by atoms with Gasteiger partial charge in [-0.15, -0.1) is 0 Å². The summed E-state index contributed by atoms with van der Waals surface area (Å²) in [4.78, 5) is 12.6. The number of thiocarbonyl (C=S) groups is 1. The van der Waals surface area contributed by atoms with Crippen molar-refractivity contribution in [2.75, 3.05) is 25.1 Å². The fourth-order valence-corrected chi connectivity index (χ4v) is 2.58. The number of nitrogens with one attached hydrogen (secondary N) is 3. The number of carbonyl (C=O) groups is 1. The van der Waals surface area contributed by atoms with Crippen LogP contribution in [0.5, 0.6) is 17.2 Å². The molecule has 156 valence electrons. The van der Waals surface area contributed by atoms with Crippen molar-refractivity contribution in [3.05, 3.63) is 47.8 Å². The fourth-order valence-electron chi connectivity index (χ4n) is 2.42. The standard InChI is InChI=1S/C20H24FN3O4S/c1-4-26-16-11-13(12-17(27-5-2)18(16)28-6-3)19(25)23-24-20(29)22-15-10-8-7-9-14(15)21/h7-12H,4-6H2,1-3H3,(H,23,25)(H2,22,24,29). The number of halogens is 1. The summed E-state index contributed by atoms with van der Waals surface area (Å²) in [6.07, 6.45) is 0. The van der Waals surface area contributed by atoms with E-state index in [1.165, 1.54) is 12.1 Å². The molecule has 0 aliphatic rings. The van der Waals surface area contributed by atoms with Gasteiger partial charge in [0.1, 0.15) is 5.82 Å². The Bertz CT molecular complexity index is 836. The van der Waals surface area contributed by atoms with E-state index in [2.05, 4.69) is 16.2 Å². The lowest BCUT2D eigenvalue weighted by molar-refractivity contribution is 0.0943. The molecule has 0 heterocycles. The fraction of sp³-hybridized carbons (Fsp3) is 0.300. The first-order chi connectivity index (χ1) is 14.0. The van der Waals surface area contributed by atoms with Gasteiger partial charge in [-0.3, -0.25) is 15.6 Å². The van der Waals surface area contributed by atoms with E-state index in [0.29, 0.717) is 37.1 Å². The van der Waals surface area contributed by atoms with Crippen LogP contribution in [0, 0.1) is 5.82 Å². The molecular weight excluding hydrogens is 397 g/mol. The third-order valence-corrected chi connectivity index (χ3v) is 3.79. The Morgan fingerprint density at radius 3 is 2.10 bits per heavy atom. The molecule has 0 aliphatic carbocycles. The smallest absolute Gasteiger partial charge is 0.269 e. The number of ether oxygens (including phenoxy) is 3. The van der Waals surface area contributed by atoms with Crippen LogP contribution in [0.4, 0.5) is 10.1 Å². The maximum Gasteiger partial charge on any atom is 0.269 e. The van der Waals surface area contributed by atoms with E-state index in [-0.39, 0.29) is 16.4 Å². The van der Waals surface area contributed by atoms with Gasteiger partial charge in [-0.1, -0.05) is 12.1 Å². The Kier molecular flexibility index (Phi) is 8.47. The predicted octanol–water partition coefficient (Wildman–Crippen LogP) is 3.65. The number of hydrazine groups is 1. The maximum absolute atomic E-state index is 13.7. The molecule has 3 N–H and O–H groups in total. The molecule has 9 heteroatoms. The van der Waals surface area contributed by atoms with E-state index in [1.807, 2.05) is 20.8 Å². The van der Waals surface area contributed by atoms with Crippen LogP contribution in [0.1, 0.15) is 31.1 Å². The van der Waals surface area contributed by atoms with Crippen molar-refractivity contribution in [3.8, 4) is 17.2 Å². The highest BCUT2D eigenvalue weighted by molar-refractivity contribution is 7.80. The average molecular weight is 421 g/mol. The van der Waals surface area contributed by atoms with Crippen LogP contribution in [-0.2, 0) is 0 Å². The molecule has 0 radical (unpaired) electrons. The van der Waals surface area contributed by atoms with Crippen molar-refractivity contribution >= 4 is 28.9 Å². The number of hydrogen-bond acceptors (Lipinski definition) is 5. The molecule has 0 fully saturated rings. The van der Waals surface area contributed by atoms with E-state index in [4.69, 9.17) is 26.4 Å². The van der Waals surface area contributed by atoms with Crippen LogP contribution < -0.4 is 30.4 Å². The first-order valence-corrected chi connectivity index (χ1v) is 9.59. The van der Waals surface area contributed by atoms with Gasteiger partial charge in [-0.05, 0) is 57.3 Å². The van der Waals surface area contributed by atoms with Crippen molar-refractivity contribution < 1.29 is 23.4 Å². The molecule has 0 bridgehead atoms. The molecule has 0 atom stereocenters. The number of anilines is 1. The molecule has 0 spiro atoms. The Hall–Kier alpha value is -3.07. The van der Waals surface area contributed by atoms with Gasteiger partial charge < -0.3 is 19.5 Å². The Morgan fingerprint density at radius 1 is 0.966 bits per heavy atom. The minimum atomic E-state index is -0.479. The molecule has 29 heavy (non-hydrogen) atoms. The molecule has 2 rings (SSSR count). The van der Waals surface area contributed by atoms with Gasteiger partial charge in [0.25, 0.3) is 5.91 Å². The van der Waals surface area contributed by atoms with Crippen molar-refractivity contribution in [3.63, 3.8) is 0 Å². The van der Waals surface area contributed by atoms with E-state index in [9.17, 15) is 9.18 Å². The third kappa shape index (κ3) is 6.21. The number of hydrogen-bond donors (Lipinski definition) is 3. The lowest BCUT2D eigenvalue weighted by Crippen LogP contribution is -2.43. The number of para-hydroxylation sites is 1. The van der Waals surface area contributed by atoms with Crippen LogP contribution in [0.25, 0.3) is 0 Å². The molecular formula is C20H24FN3O4S. The molecule has 0 saturated carbocycles. The third-order valence-electron chi connectivity index (χ3n) is 3.58. The SMILES string of the molecule is CCOc1cc(C(=O)NNC(=S)Nc2ccccc2F)cc(OCC)c1OCC. The quantitative estimate of drug-likeness (QED) is 0.443. The summed E-state index contributed by atoms with van der Waals surface area (Å²) in [5, 5.41) is 2.70. The highest BCUT2D eigenvalue weighted by Gasteiger charge is 2.18. The average Bonchev–Trinajstić information content (AvgIpc) is 2.70. The summed E-state index contributed by atoms with van der Waals surface area (Å²) in [5.41, 5.74) is 5.47. The monoisotopic (exact) mass is 421 g/mol. The minimum absolute atomic E-state index is 0.0319. The van der Waals surface area contributed by atoms with Gasteiger partial charge in [-0.2, -0.15) is 0 Å². The van der Waals surface area contributed by atoms with E-state index >= 15 is 0 Å². The summed E-state index contributed by atoms with van der Waals surface area (Å²) >= 11 is 5.08. The van der Waals surface area contributed by atoms with Crippen molar-refractivity contribution in [1.29, 1.82) is 0 Å². The molecule has 0 unspecified atom stereocenters. The molecule has 1 amide bonds. The molecule has 2 aromatic carbocycles. The van der Waals surface area contributed by atoms with Gasteiger partial charge in [0.05, 0.1) is 25.5 Å². The zero-order valence-corrected chi connectivity index (χ0v) is 17.3. The van der Waals surface area contributed by atoms with Gasteiger partial charge >= 0.3 is 0 Å². The first-order valence-electron chi connectivity index (χ1n) is 9.18. The van der Waals surface area contributed by atoms with E-state index < -0.39 is 11.7 Å². The number of amides is 1. The summed E-state index contributed by atoms with van der Waals surface area (Å²) in [6.45, 7) is 6.72. The van der Waals surface area contributed by atoms with Gasteiger partial charge in [-0.25, -0.2) is 4.39 Å². The van der Waals surface area contributed by atoms with Crippen LogP contribution in [0.2, 0.25) is 0 Å². The first kappa shape index (κ1) is 22.2. The van der Waals surface area contributed by atoms with Crippen LogP contribution in [0.3, 0.4) is 0 Å². The van der Waals surface area contributed by atoms with Crippen LogP contribution in [0.15, 0.2) is 36.4 Å². The summed E-state index contributed by atoms with van der Waals surface area (Å²) in [5.74, 6) is 0.303. The van der Waals surface area contributed by atoms with Crippen LogP contribution in [-0.4, -0.2) is 30.8 Å². The molecule has 0 saturated heterocycles. The second-order valence-electron chi connectivity index (χ2n) is 5.61. The lowest BCUT2D eigenvalue weighted by atomic mass is 10.1. The zero-order chi connectivity index (χ0) is 21.2. The number of rotatable bonds is 8. The second kappa shape index (κ2) is 11.1. The maximum atomic E-state index is 13.7. The topological polar surface area (TPSA) is 80.9 Å².